The molecule has 40 heavy (non-hydrogen) atoms. The van der Waals surface area contributed by atoms with E-state index >= 15 is 4.39 Å². The number of ether oxygens (including phenoxy) is 3. The van der Waals surface area contributed by atoms with E-state index in [4.69, 9.17) is 18.7 Å². The van der Waals surface area contributed by atoms with Gasteiger partial charge in [-0.1, -0.05) is 5.16 Å². The Kier molecular flexibility index (Phi) is 8.06. The van der Waals surface area contributed by atoms with Crippen molar-refractivity contribution in [1.82, 2.24) is 15.4 Å². The van der Waals surface area contributed by atoms with Crippen molar-refractivity contribution < 1.29 is 32.7 Å². The third-order valence-electron chi connectivity index (χ3n) is 7.03. The molecule has 0 bridgehead atoms. The molecule has 0 aliphatic carbocycles. The van der Waals surface area contributed by atoms with Crippen LogP contribution in [0.3, 0.4) is 0 Å². The first-order valence-electron chi connectivity index (χ1n) is 13.0. The molecule has 0 radical (unpaired) electrons. The zero-order valence-corrected chi connectivity index (χ0v) is 22.7. The molecule has 11 nitrogen and oxygen atoms in total. The van der Waals surface area contributed by atoms with E-state index < -0.39 is 18.0 Å². The summed E-state index contributed by atoms with van der Waals surface area (Å²) in [5.41, 5.74) is 2.48. The standard InChI is InChI=1S/C28H32FN5O6/c1-18(35)30-15-22-17-34(28(36)39-22)20-5-6-25(23(29)13-20)33-10-8-32(9-11-33)16-21-14-24(31-40-21)19-4-7-26(37-2)27(12-19)38-3/h4-7,12-14,22H,8-11,15-17H2,1-3H3,(H,30,35)/t22-/m0/s1. The lowest BCUT2D eigenvalue weighted by Crippen LogP contribution is -2.46. The van der Waals surface area contributed by atoms with Crippen LogP contribution in [-0.2, 0) is 16.1 Å². The Labute approximate surface area is 231 Å². The number of methoxy groups -OCH3 is 2. The Bertz CT molecular complexity index is 1370. The van der Waals surface area contributed by atoms with Crippen LogP contribution in [0.1, 0.15) is 12.7 Å². The second-order valence-electron chi connectivity index (χ2n) is 9.70. The summed E-state index contributed by atoms with van der Waals surface area (Å²) in [6.07, 6.45) is -1.04. The highest BCUT2D eigenvalue weighted by Crippen LogP contribution is 2.32. The van der Waals surface area contributed by atoms with E-state index in [1.54, 1.807) is 26.4 Å². The van der Waals surface area contributed by atoms with Crippen molar-refractivity contribution in [2.24, 2.45) is 0 Å². The van der Waals surface area contributed by atoms with E-state index in [2.05, 4.69) is 15.4 Å². The molecule has 212 valence electrons. The van der Waals surface area contributed by atoms with Crippen LogP contribution in [0.5, 0.6) is 11.5 Å². The number of amides is 2. The van der Waals surface area contributed by atoms with Gasteiger partial charge in [-0.05, 0) is 36.4 Å². The Morgan fingerprint density at radius 3 is 2.55 bits per heavy atom. The summed E-state index contributed by atoms with van der Waals surface area (Å²) in [7, 11) is 3.18. The molecule has 1 aromatic heterocycles. The number of benzene rings is 2. The first kappa shape index (κ1) is 27.3. The monoisotopic (exact) mass is 553 g/mol. The number of hydrogen-bond acceptors (Lipinski definition) is 9. The van der Waals surface area contributed by atoms with Crippen LogP contribution in [0.4, 0.5) is 20.6 Å². The molecule has 12 heteroatoms. The van der Waals surface area contributed by atoms with Crippen molar-refractivity contribution in [3.05, 3.63) is 54.0 Å². The summed E-state index contributed by atoms with van der Waals surface area (Å²) in [5, 5.41) is 6.85. The van der Waals surface area contributed by atoms with Gasteiger partial charge >= 0.3 is 6.09 Å². The molecule has 2 aromatic carbocycles. The highest BCUT2D eigenvalue weighted by molar-refractivity contribution is 5.90. The topological polar surface area (TPSA) is 110 Å². The zero-order valence-electron chi connectivity index (χ0n) is 22.7. The number of halogens is 1. The number of rotatable bonds is 9. The van der Waals surface area contributed by atoms with Crippen LogP contribution in [-0.4, -0.2) is 81.6 Å². The molecule has 1 atom stereocenters. The SMILES string of the molecule is COc1ccc(-c2cc(CN3CCN(c4ccc(N5C[C@H](CNC(C)=O)OC5=O)cc4F)CC3)on2)cc1OC. The lowest BCUT2D eigenvalue weighted by Gasteiger charge is -2.35. The number of piperazine rings is 1. The van der Waals surface area contributed by atoms with Crippen molar-refractivity contribution in [1.29, 1.82) is 0 Å². The fraction of sp³-hybridized carbons (Fsp3) is 0.393. The minimum Gasteiger partial charge on any atom is -0.493 e. The maximum absolute atomic E-state index is 15.1. The summed E-state index contributed by atoms with van der Waals surface area (Å²) in [4.78, 5) is 29.0. The molecule has 2 aliphatic heterocycles. The molecular weight excluding hydrogens is 521 g/mol. The first-order valence-corrected chi connectivity index (χ1v) is 13.0. The predicted octanol–water partition coefficient (Wildman–Crippen LogP) is 3.28. The van der Waals surface area contributed by atoms with Crippen LogP contribution in [0, 0.1) is 5.82 Å². The highest BCUT2D eigenvalue weighted by atomic mass is 19.1. The Morgan fingerprint density at radius 1 is 1.07 bits per heavy atom. The Hall–Kier alpha value is -4.32. The lowest BCUT2D eigenvalue weighted by molar-refractivity contribution is -0.119. The zero-order chi connectivity index (χ0) is 28.2. The average Bonchev–Trinajstić information content (AvgIpc) is 3.58. The highest BCUT2D eigenvalue weighted by Gasteiger charge is 2.33. The molecule has 2 saturated heterocycles. The molecule has 2 aliphatic rings. The normalized spacial score (nSPS) is 17.6. The van der Waals surface area contributed by atoms with E-state index in [-0.39, 0.29) is 19.0 Å². The summed E-state index contributed by atoms with van der Waals surface area (Å²) >= 11 is 0. The number of nitrogens with zero attached hydrogens (tertiary/aromatic N) is 4. The summed E-state index contributed by atoms with van der Waals surface area (Å²) in [6, 6.07) is 12.3. The summed E-state index contributed by atoms with van der Waals surface area (Å²) in [6.45, 7) is 5.16. The van der Waals surface area contributed by atoms with Gasteiger partial charge in [-0.2, -0.15) is 0 Å². The van der Waals surface area contributed by atoms with Crippen LogP contribution in [0.25, 0.3) is 11.3 Å². The molecule has 0 saturated carbocycles. The third-order valence-corrected chi connectivity index (χ3v) is 7.03. The largest absolute Gasteiger partial charge is 0.493 e. The van der Waals surface area contributed by atoms with E-state index in [0.29, 0.717) is 48.2 Å². The van der Waals surface area contributed by atoms with Crippen molar-refractivity contribution >= 4 is 23.4 Å². The van der Waals surface area contributed by atoms with Gasteiger partial charge in [0.25, 0.3) is 0 Å². The molecule has 3 aromatic rings. The number of aromatic nitrogens is 1. The van der Waals surface area contributed by atoms with Gasteiger partial charge in [0.2, 0.25) is 5.91 Å². The quantitative estimate of drug-likeness (QED) is 0.427. The summed E-state index contributed by atoms with van der Waals surface area (Å²) in [5.74, 6) is 1.39. The third kappa shape index (κ3) is 5.96. The van der Waals surface area contributed by atoms with Gasteiger partial charge in [0, 0.05) is 44.7 Å². The van der Waals surface area contributed by atoms with Gasteiger partial charge < -0.3 is 29.0 Å². The molecule has 2 fully saturated rings. The average molecular weight is 554 g/mol. The Morgan fingerprint density at radius 2 is 1.85 bits per heavy atom. The molecule has 3 heterocycles. The van der Waals surface area contributed by atoms with Crippen molar-refractivity contribution in [2.75, 3.05) is 63.3 Å². The predicted molar refractivity (Wildman–Crippen MR) is 145 cm³/mol. The van der Waals surface area contributed by atoms with Crippen molar-refractivity contribution in [3.8, 4) is 22.8 Å². The van der Waals surface area contributed by atoms with E-state index in [1.807, 2.05) is 29.2 Å². The smallest absolute Gasteiger partial charge is 0.414 e. The van der Waals surface area contributed by atoms with Gasteiger partial charge in [0.1, 0.15) is 17.6 Å². The van der Waals surface area contributed by atoms with Crippen LogP contribution in [0.2, 0.25) is 0 Å². The maximum atomic E-state index is 15.1. The second kappa shape index (κ2) is 11.8. The van der Waals surface area contributed by atoms with Crippen molar-refractivity contribution in [3.63, 3.8) is 0 Å². The molecule has 0 unspecified atom stereocenters. The van der Waals surface area contributed by atoms with Crippen LogP contribution in [0.15, 0.2) is 47.0 Å². The second-order valence-corrected chi connectivity index (χ2v) is 9.70. The van der Waals surface area contributed by atoms with Crippen LogP contribution >= 0.6 is 0 Å². The van der Waals surface area contributed by atoms with E-state index in [0.717, 1.165) is 24.4 Å². The first-order chi connectivity index (χ1) is 19.3. The molecule has 2 amide bonds. The van der Waals surface area contributed by atoms with Crippen molar-refractivity contribution in [2.45, 2.75) is 19.6 Å². The maximum Gasteiger partial charge on any atom is 0.414 e. The van der Waals surface area contributed by atoms with Crippen LogP contribution < -0.4 is 24.6 Å². The number of nitrogens with one attached hydrogen (secondary N) is 1. The molecular formula is C28H32FN5O6. The van der Waals surface area contributed by atoms with Gasteiger partial charge in [0.15, 0.2) is 17.3 Å². The van der Waals surface area contributed by atoms with Gasteiger partial charge in [-0.3, -0.25) is 14.6 Å². The minimum atomic E-state index is -0.558. The van der Waals surface area contributed by atoms with Gasteiger partial charge in [-0.15, -0.1) is 0 Å². The molecule has 5 rings (SSSR count). The number of carbonyl (C=O) groups is 2. The fourth-order valence-electron chi connectivity index (χ4n) is 4.90. The van der Waals surface area contributed by atoms with E-state index in [9.17, 15) is 9.59 Å². The number of anilines is 2. The molecule has 0 spiro atoms. The number of carbonyl (C=O) groups excluding carboxylic acids is 2. The minimum absolute atomic E-state index is 0.204. The summed E-state index contributed by atoms with van der Waals surface area (Å²) < 4.78 is 36.7. The fourth-order valence-corrected chi connectivity index (χ4v) is 4.90. The Balaban J connectivity index is 1.16. The number of hydrogen-bond donors (Lipinski definition) is 1. The van der Waals surface area contributed by atoms with E-state index in [1.165, 1.54) is 17.9 Å². The van der Waals surface area contributed by atoms with Gasteiger partial charge in [0.05, 0.1) is 45.2 Å². The van der Waals surface area contributed by atoms with Gasteiger partial charge in [-0.25, -0.2) is 9.18 Å². The lowest BCUT2D eigenvalue weighted by atomic mass is 10.1. The molecule has 1 N–H and O–H groups in total. The number of cyclic esters (lactones) is 1.